The zero-order chi connectivity index (χ0) is 62.0. The Labute approximate surface area is 502 Å². The molecule has 12 N–H and O–H groups in total. The third-order valence-electron chi connectivity index (χ3n) is 14.4. The lowest BCUT2D eigenvalue weighted by molar-refractivity contribution is -0.255. The summed E-state index contributed by atoms with van der Waals surface area (Å²) in [4.78, 5) is 170. The van der Waals surface area contributed by atoms with Crippen molar-refractivity contribution in [3.8, 4) is 5.75 Å². The van der Waals surface area contributed by atoms with Gasteiger partial charge >= 0.3 is 5.97 Å². The molecule has 5 rings (SSSR count). The van der Waals surface area contributed by atoms with Crippen LogP contribution in [0.15, 0.2) is 23.4 Å². The minimum atomic E-state index is -1.72. The van der Waals surface area contributed by atoms with Crippen LogP contribution in [0.25, 0.3) is 0 Å². The predicted octanol–water partition coefficient (Wildman–Crippen LogP) is -1.34. The molecule has 85 heavy (non-hydrogen) atoms. The van der Waals surface area contributed by atoms with E-state index in [1.165, 1.54) is 40.2 Å². The van der Waals surface area contributed by atoms with Gasteiger partial charge in [0.2, 0.25) is 53.2 Å². The number of aliphatic hydroxyl groups is 1. The summed E-state index contributed by atoms with van der Waals surface area (Å²) in [5.41, 5.74) is 13.1. The summed E-state index contributed by atoms with van der Waals surface area (Å²) in [5.74, 6) is -8.34. The minimum absolute atomic E-state index is 0.0168. The number of ether oxygens (including phenoxy) is 1. The number of hydrogen-bond acceptors (Lipinski definition) is 20. The van der Waals surface area contributed by atoms with Crippen LogP contribution in [-0.4, -0.2) is 199 Å². The van der Waals surface area contributed by atoms with E-state index in [1.807, 2.05) is 18.2 Å². The smallest absolute Gasteiger partial charge is 0.344 e. The lowest BCUT2D eigenvalue weighted by Crippen LogP contribution is -2.60. The standard InChI is InChI=1S/C55H84N12O16S2/c1-32(2)21-38-50(74)61-39(25-46(70)83-80-4)49(73)59-33(3)54(78)66-17-11-14-43(66)53(77)63-40(27-68)51(75)64-41(47(57)71)30-84-28-34-22-35-24-36(23-34)81-19-9-5-6-10-20-82-58-26-45(69)60-37(13-7-8-16-56)48(72)65-42(31-85-29-35)55(79)67-18-12-15-44(67)52(76)62-38/h22-24,26,32-33,37-44,68H,5-21,25,27-31,56H2,1-4H3,(H2,57,71)(H,59,73)(H,60,69)(H,61,74)(H,62,76)(H,63,77)(H,64,75)(H,65,72)/b58-26+/t33-,37-,38-,39-,40-,41-,42-,43-,44-/m0/s1. The second kappa shape index (κ2) is 35.6. The number of nitrogens with two attached hydrogens (primary N) is 2. The molecule has 4 aliphatic rings. The van der Waals surface area contributed by atoms with Crippen LogP contribution in [0.5, 0.6) is 5.75 Å². The molecule has 4 heterocycles. The molecule has 2 fully saturated rings. The Balaban J connectivity index is 1.55. The van der Waals surface area contributed by atoms with Crippen molar-refractivity contribution in [3.63, 3.8) is 0 Å². The zero-order valence-corrected chi connectivity index (χ0v) is 50.4. The van der Waals surface area contributed by atoms with Crippen LogP contribution in [0.3, 0.4) is 0 Å². The van der Waals surface area contributed by atoms with Crippen molar-refractivity contribution in [3.05, 3.63) is 29.3 Å². The fourth-order valence-corrected chi connectivity index (χ4v) is 12.0. The summed E-state index contributed by atoms with van der Waals surface area (Å²) in [6, 6.07) is -6.41. The number of fused-ring (bicyclic) bond motifs is 7. The van der Waals surface area contributed by atoms with Crippen molar-refractivity contribution >= 4 is 94.8 Å². The number of nitrogens with zero attached hydrogens (tertiary/aromatic N) is 3. The van der Waals surface area contributed by atoms with Gasteiger partial charge in [0, 0.05) is 36.1 Å². The Morgan fingerprint density at radius 3 is 1.92 bits per heavy atom. The third-order valence-corrected chi connectivity index (χ3v) is 16.6. The number of rotatable bonds is 11. The first kappa shape index (κ1) is 69.0. The van der Waals surface area contributed by atoms with Gasteiger partial charge in [0.05, 0.1) is 26.7 Å². The number of thioether (sulfide) groups is 2. The van der Waals surface area contributed by atoms with Gasteiger partial charge in [0.25, 0.3) is 5.91 Å². The molecule has 1 aromatic carbocycles. The highest BCUT2D eigenvalue weighted by atomic mass is 32.2. The van der Waals surface area contributed by atoms with Crippen LogP contribution in [0.1, 0.15) is 115 Å². The first-order valence-electron chi connectivity index (χ1n) is 28.9. The van der Waals surface area contributed by atoms with Crippen LogP contribution < -0.4 is 53.4 Å². The molecule has 0 radical (unpaired) electrons. The maximum absolute atomic E-state index is 15.0. The van der Waals surface area contributed by atoms with Gasteiger partial charge in [-0.05, 0) is 120 Å². The quantitative estimate of drug-likeness (QED) is 0.0697. The zero-order valence-electron chi connectivity index (χ0n) is 48.7. The molecule has 472 valence electrons. The highest BCUT2D eigenvalue weighted by Gasteiger charge is 2.42. The molecular formula is C55H84N12O16S2. The number of amides is 10. The van der Waals surface area contributed by atoms with Crippen molar-refractivity contribution < 1.29 is 77.2 Å². The number of benzene rings is 1. The minimum Gasteiger partial charge on any atom is -0.494 e. The van der Waals surface area contributed by atoms with E-state index in [9.17, 15) is 53.1 Å². The molecule has 30 heteroatoms. The lowest BCUT2D eigenvalue weighted by Gasteiger charge is -2.31. The van der Waals surface area contributed by atoms with Crippen LogP contribution in [0.2, 0.25) is 0 Å². The van der Waals surface area contributed by atoms with E-state index in [-0.39, 0.29) is 74.3 Å². The van der Waals surface area contributed by atoms with Crippen LogP contribution in [0.4, 0.5) is 0 Å². The molecular weight excluding hydrogens is 1150 g/mol. The van der Waals surface area contributed by atoms with Gasteiger partial charge in [-0.2, -0.15) is 28.4 Å². The SMILES string of the molecule is COOC(=O)C[C@@H]1NC(=O)[C@H](CC(C)C)NC(=O)[C@@H]2CCCN2C(=O)[C@@H]2CSCc3cc(cc(c3)OCCCCCCO/N=C/C(=O)N[C@@H](CCCCN)C(=O)N2)CSC[C@@H](C(N)=O)NC(=O)[C@H](CO)NC(=O)[C@@H]2CCCN2C(=O)[C@H](C)NC1=O. The molecule has 0 unspecified atom stereocenters. The van der Waals surface area contributed by atoms with Crippen molar-refractivity contribution in [1.82, 2.24) is 47.0 Å². The van der Waals surface area contributed by atoms with Crippen molar-refractivity contribution in [2.24, 2.45) is 22.5 Å². The summed E-state index contributed by atoms with van der Waals surface area (Å²) in [7, 11) is 1.05. The third kappa shape index (κ3) is 22.2. The number of carbonyl (C=O) groups is 11. The Morgan fingerprint density at radius 2 is 1.29 bits per heavy atom. The first-order chi connectivity index (χ1) is 40.7. The van der Waals surface area contributed by atoms with Gasteiger partial charge in [-0.3, -0.25) is 52.8 Å². The molecule has 10 amide bonds. The van der Waals surface area contributed by atoms with E-state index in [1.54, 1.807) is 13.8 Å². The number of carbonyl (C=O) groups excluding carboxylic acids is 11. The summed E-state index contributed by atoms with van der Waals surface area (Å²) < 4.78 is 6.25. The number of oxime groups is 1. The number of aliphatic hydroxyl groups excluding tert-OH is 1. The molecule has 0 spiro atoms. The molecule has 0 aliphatic carbocycles. The van der Waals surface area contributed by atoms with Gasteiger partial charge < -0.3 is 73.2 Å². The van der Waals surface area contributed by atoms with Gasteiger partial charge in [-0.25, -0.2) is 4.79 Å². The number of nitrogens with one attached hydrogen (secondary N) is 7. The van der Waals surface area contributed by atoms with Crippen molar-refractivity contribution in [2.75, 3.05) is 58.1 Å². The second-order valence-electron chi connectivity index (χ2n) is 21.6. The number of unbranched alkanes of at least 4 members (excludes halogenated alkanes) is 1. The molecule has 1 aromatic rings. The topological polar surface area (TPSA) is 400 Å². The molecule has 28 nitrogen and oxygen atoms in total. The fourth-order valence-electron chi connectivity index (χ4n) is 10.0. The number of hydrogen-bond donors (Lipinski definition) is 10. The van der Waals surface area contributed by atoms with Gasteiger partial charge in [0.1, 0.15) is 72.9 Å². The summed E-state index contributed by atoms with van der Waals surface area (Å²) in [5, 5.41) is 32.4. The summed E-state index contributed by atoms with van der Waals surface area (Å²) >= 11 is 2.55. The summed E-state index contributed by atoms with van der Waals surface area (Å²) in [6.45, 7) is 5.05. The van der Waals surface area contributed by atoms with E-state index < -0.39 is 132 Å². The molecule has 4 bridgehead atoms. The molecule has 0 aromatic heterocycles. The molecule has 0 saturated carbocycles. The highest BCUT2D eigenvalue weighted by Crippen LogP contribution is 2.27. The predicted molar refractivity (Wildman–Crippen MR) is 312 cm³/mol. The largest absolute Gasteiger partial charge is 0.494 e. The molecule has 4 aliphatic heterocycles. The average Bonchev–Trinajstić information content (AvgIpc) is 3.75. The van der Waals surface area contributed by atoms with Crippen LogP contribution >= 0.6 is 23.5 Å². The lowest BCUT2D eigenvalue weighted by atomic mass is 10.0. The normalized spacial score (nSPS) is 27.0. The second-order valence-corrected chi connectivity index (χ2v) is 23.7. The summed E-state index contributed by atoms with van der Waals surface area (Å²) in [6.07, 6.45) is 5.20. The Hall–Kier alpha value is -6.76. The fraction of sp³-hybridized carbons (Fsp3) is 0.673. The monoisotopic (exact) mass is 1230 g/mol. The van der Waals surface area contributed by atoms with Gasteiger partial charge in [-0.15, -0.1) is 0 Å². The average molecular weight is 1230 g/mol. The van der Waals surface area contributed by atoms with Gasteiger partial charge in [0.15, 0.2) is 0 Å². The van der Waals surface area contributed by atoms with Crippen LogP contribution in [-0.2, 0) is 78.9 Å². The highest BCUT2D eigenvalue weighted by molar-refractivity contribution is 7.98. The van der Waals surface area contributed by atoms with E-state index in [0.29, 0.717) is 57.4 Å². The van der Waals surface area contributed by atoms with E-state index >= 15 is 4.79 Å². The van der Waals surface area contributed by atoms with E-state index in [4.69, 9.17) is 21.0 Å². The first-order valence-corrected chi connectivity index (χ1v) is 31.2. The van der Waals surface area contributed by atoms with E-state index in [2.05, 4.69) is 52.1 Å². The van der Waals surface area contributed by atoms with Crippen LogP contribution in [0, 0.1) is 5.92 Å². The molecule has 9 atom stereocenters. The van der Waals surface area contributed by atoms with Gasteiger partial charge in [-0.1, -0.05) is 25.1 Å². The van der Waals surface area contributed by atoms with E-state index in [0.717, 1.165) is 37.3 Å². The Kier molecular flexibility index (Phi) is 28.9. The number of primary amides is 1. The van der Waals surface area contributed by atoms with Crippen molar-refractivity contribution in [1.29, 1.82) is 0 Å². The maximum Gasteiger partial charge on any atom is 0.344 e. The maximum atomic E-state index is 15.0. The molecule has 2 saturated heterocycles. The van der Waals surface area contributed by atoms with Crippen molar-refractivity contribution in [2.45, 2.75) is 170 Å². The Morgan fingerprint density at radius 1 is 0.706 bits per heavy atom. The Bertz CT molecular complexity index is 2530.